The maximum absolute atomic E-state index is 12.9. The van der Waals surface area contributed by atoms with Crippen molar-refractivity contribution >= 4 is 23.5 Å². The predicted octanol–water partition coefficient (Wildman–Crippen LogP) is 4.25. The summed E-state index contributed by atoms with van der Waals surface area (Å²) in [6.07, 6.45) is 0. The fourth-order valence-corrected chi connectivity index (χ4v) is 3.41. The third-order valence-corrected chi connectivity index (χ3v) is 5.06. The van der Waals surface area contributed by atoms with Crippen LogP contribution in [0.1, 0.15) is 43.6 Å². The summed E-state index contributed by atoms with van der Waals surface area (Å²) in [5, 5.41) is 0. The molecule has 3 aromatic carbocycles. The molecule has 0 N–H and O–H groups in total. The number of benzene rings is 3. The van der Waals surface area contributed by atoms with Crippen molar-refractivity contribution in [3.63, 3.8) is 0 Å². The normalized spacial score (nSPS) is 12.5. The quantitative estimate of drug-likeness (QED) is 0.411. The van der Waals surface area contributed by atoms with E-state index in [1.54, 1.807) is 55.6 Å². The summed E-state index contributed by atoms with van der Waals surface area (Å²) in [6.45, 7) is 2.46. The molecule has 4 rings (SSSR count). The Bertz CT molecular complexity index is 1170. The van der Waals surface area contributed by atoms with Crippen molar-refractivity contribution in [2.75, 3.05) is 18.6 Å². The number of imide groups is 1. The van der Waals surface area contributed by atoms with Gasteiger partial charge in [0.15, 0.2) is 0 Å². The molecule has 0 unspecified atom stereocenters. The molecule has 0 bridgehead atoms. The molecule has 32 heavy (non-hydrogen) atoms. The summed E-state index contributed by atoms with van der Waals surface area (Å²) >= 11 is 0. The molecule has 7 nitrogen and oxygen atoms in total. The van der Waals surface area contributed by atoms with Gasteiger partial charge in [-0.05, 0) is 67.1 Å². The first-order valence-corrected chi connectivity index (χ1v) is 10.1. The molecule has 3 aromatic rings. The van der Waals surface area contributed by atoms with Gasteiger partial charge in [0.25, 0.3) is 11.8 Å². The summed E-state index contributed by atoms with van der Waals surface area (Å²) in [4.78, 5) is 39.4. The summed E-state index contributed by atoms with van der Waals surface area (Å²) < 4.78 is 15.9. The number of carbonyl (C=O) groups excluding carboxylic acids is 3. The maximum atomic E-state index is 12.9. The van der Waals surface area contributed by atoms with Crippen LogP contribution in [0.5, 0.6) is 11.5 Å². The fraction of sp³-hybridized carbons (Fsp3) is 0.160. The van der Waals surface area contributed by atoms with Gasteiger partial charge in [-0.2, -0.15) is 0 Å². The van der Waals surface area contributed by atoms with Gasteiger partial charge >= 0.3 is 5.97 Å². The highest BCUT2D eigenvalue weighted by Gasteiger charge is 2.37. The van der Waals surface area contributed by atoms with Crippen LogP contribution in [-0.2, 0) is 11.3 Å². The molecule has 0 atom stereocenters. The number of hydrogen-bond acceptors (Lipinski definition) is 6. The molecular formula is C25H21NO6. The van der Waals surface area contributed by atoms with E-state index in [4.69, 9.17) is 14.2 Å². The van der Waals surface area contributed by atoms with Gasteiger partial charge in [0, 0.05) is 0 Å². The number of ether oxygens (including phenoxy) is 3. The largest absolute Gasteiger partial charge is 0.497 e. The molecule has 0 fully saturated rings. The van der Waals surface area contributed by atoms with Gasteiger partial charge in [-0.1, -0.05) is 12.1 Å². The number of esters is 1. The fourth-order valence-electron chi connectivity index (χ4n) is 3.41. The standard InChI is InChI=1S/C25H21NO6/c1-3-31-20-11-7-18(8-12-20)26-23(27)21-13-6-17(14-22(21)24(26)28)25(29)32-15-16-4-9-19(30-2)10-5-16/h4-14H,3,15H2,1-2H3. The molecule has 162 valence electrons. The number of amides is 2. The number of rotatable bonds is 7. The highest BCUT2D eigenvalue weighted by atomic mass is 16.5. The van der Waals surface area contributed by atoms with Crippen LogP contribution in [-0.4, -0.2) is 31.5 Å². The monoisotopic (exact) mass is 431 g/mol. The molecule has 0 saturated heterocycles. The van der Waals surface area contributed by atoms with Crippen LogP contribution in [0, 0.1) is 0 Å². The first-order valence-electron chi connectivity index (χ1n) is 10.1. The smallest absolute Gasteiger partial charge is 0.338 e. The Labute approximate surface area is 185 Å². The van der Waals surface area contributed by atoms with E-state index in [2.05, 4.69) is 0 Å². The number of nitrogens with zero attached hydrogens (tertiary/aromatic N) is 1. The van der Waals surface area contributed by atoms with Crippen LogP contribution in [0.3, 0.4) is 0 Å². The average molecular weight is 431 g/mol. The van der Waals surface area contributed by atoms with Crippen molar-refractivity contribution in [3.05, 3.63) is 89.0 Å². The molecule has 0 radical (unpaired) electrons. The lowest BCUT2D eigenvalue weighted by Crippen LogP contribution is -2.29. The number of carbonyl (C=O) groups is 3. The number of fused-ring (bicyclic) bond motifs is 1. The van der Waals surface area contributed by atoms with Crippen LogP contribution in [0.2, 0.25) is 0 Å². The molecule has 1 aliphatic rings. The van der Waals surface area contributed by atoms with Gasteiger partial charge in [-0.3, -0.25) is 9.59 Å². The minimum absolute atomic E-state index is 0.0745. The van der Waals surface area contributed by atoms with Crippen molar-refractivity contribution in [1.82, 2.24) is 0 Å². The van der Waals surface area contributed by atoms with Crippen LogP contribution in [0.4, 0.5) is 5.69 Å². The zero-order valence-corrected chi connectivity index (χ0v) is 17.7. The Hall–Kier alpha value is -4.13. The summed E-state index contributed by atoms with van der Waals surface area (Å²) in [5.74, 6) is -0.150. The minimum Gasteiger partial charge on any atom is -0.497 e. The van der Waals surface area contributed by atoms with Crippen LogP contribution in [0.15, 0.2) is 66.7 Å². The molecule has 0 aliphatic carbocycles. The number of methoxy groups -OCH3 is 1. The highest BCUT2D eigenvalue weighted by Crippen LogP contribution is 2.30. The zero-order chi connectivity index (χ0) is 22.7. The Kier molecular flexibility index (Phi) is 5.89. The molecule has 1 aliphatic heterocycles. The lowest BCUT2D eigenvalue weighted by molar-refractivity contribution is 0.0472. The predicted molar refractivity (Wildman–Crippen MR) is 117 cm³/mol. The SMILES string of the molecule is CCOc1ccc(N2C(=O)c3ccc(C(=O)OCc4ccc(OC)cc4)cc3C2=O)cc1. The van der Waals surface area contributed by atoms with Crippen molar-refractivity contribution in [2.45, 2.75) is 13.5 Å². The van der Waals surface area contributed by atoms with E-state index in [9.17, 15) is 14.4 Å². The highest BCUT2D eigenvalue weighted by molar-refractivity contribution is 6.34. The van der Waals surface area contributed by atoms with E-state index < -0.39 is 17.8 Å². The van der Waals surface area contributed by atoms with Crippen molar-refractivity contribution in [3.8, 4) is 11.5 Å². The summed E-state index contributed by atoms with van der Waals surface area (Å²) in [5.41, 5.74) is 1.85. The van der Waals surface area contributed by atoms with Gasteiger partial charge in [0.05, 0.1) is 36.1 Å². The Morgan fingerprint density at radius 1 is 0.844 bits per heavy atom. The maximum Gasteiger partial charge on any atom is 0.338 e. The number of anilines is 1. The average Bonchev–Trinajstić information content (AvgIpc) is 3.08. The summed E-state index contributed by atoms with van der Waals surface area (Å²) in [6, 6.07) is 18.2. The third-order valence-electron chi connectivity index (χ3n) is 5.06. The van der Waals surface area contributed by atoms with Gasteiger partial charge in [0.1, 0.15) is 18.1 Å². The second-order valence-corrected chi connectivity index (χ2v) is 7.06. The lowest BCUT2D eigenvalue weighted by atomic mass is 10.1. The first-order chi connectivity index (χ1) is 15.5. The Morgan fingerprint density at radius 3 is 2.16 bits per heavy atom. The molecule has 7 heteroatoms. The summed E-state index contributed by atoms with van der Waals surface area (Å²) in [7, 11) is 1.58. The van der Waals surface area contributed by atoms with Gasteiger partial charge in [0.2, 0.25) is 0 Å². The minimum atomic E-state index is -0.580. The van der Waals surface area contributed by atoms with Crippen LogP contribution in [0.25, 0.3) is 0 Å². The number of hydrogen-bond donors (Lipinski definition) is 0. The van der Waals surface area contributed by atoms with E-state index in [1.165, 1.54) is 18.2 Å². The molecule has 0 aromatic heterocycles. The second kappa shape index (κ2) is 8.93. The van der Waals surface area contributed by atoms with E-state index in [0.29, 0.717) is 23.8 Å². The van der Waals surface area contributed by atoms with E-state index in [1.807, 2.05) is 6.92 Å². The van der Waals surface area contributed by atoms with E-state index >= 15 is 0 Å². The second-order valence-electron chi connectivity index (χ2n) is 7.06. The van der Waals surface area contributed by atoms with Crippen molar-refractivity contribution < 1.29 is 28.6 Å². The van der Waals surface area contributed by atoms with Crippen molar-refractivity contribution in [2.24, 2.45) is 0 Å². The van der Waals surface area contributed by atoms with Gasteiger partial charge < -0.3 is 14.2 Å². The van der Waals surface area contributed by atoms with Gasteiger partial charge in [-0.15, -0.1) is 0 Å². The van der Waals surface area contributed by atoms with Crippen molar-refractivity contribution in [1.29, 1.82) is 0 Å². The molecule has 2 amide bonds. The molecular weight excluding hydrogens is 410 g/mol. The molecule has 1 heterocycles. The lowest BCUT2D eigenvalue weighted by Gasteiger charge is -2.14. The van der Waals surface area contributed by atoms with E-state index in [-0.39, 0.29) is 23.3 Å². The third kappa shape index (κ3) is 4.05. The molecule has 0 saturated carbocycles. The Morgan fingerprint density at radius 2 is 1.50 bits per heavy atom. The van der Waals surface area contributed by atoms with Gasteiger partial charge in [-0.25, -0.2) is 9.69 Å². The first kappa shape index (κ1) is 21.1. The van der Waals surface area contributed by atoms with E-state index in [0.717, 1.165) is 10.5 Å². The Balaban J connectivity index is 1.49. The molecule has 0 spiro atoms. The zero-order valence-electron chi connectivity index (χ0n) is 17.7. The van der Waals surface area contributed by atoms with Crippen LogP contribution >= 0.6 is 0 Å². The topological polar surface area (TPSA) is 82.1 Å². The van der Waals surface area contributed by atoms with Crippen LogP contribution < -0.4 is 14.4 Å².